The topological polar surface area (TPSA) is 49.3 Å². The van der Waals surface area contributed by atoms with Crippen LogP contribution in [0.5, 0.6) is 5.75 Å². The first-order chi connectivity index (χ1) is 8.67. The molecular formula is C14H20ClNO2. The molecule has 1 aromatic carbocycles. The van der Waals surface area contributed by atoms with E-state index in [0.717, 1.165) is 19.3 Å². The summed E-state index contributed by atoms with van der Waals surface area (Å²) in [6, 6.07) is 6.35. The summed E-state index contributed by atoms with van der Waals surface area (Å²) < 4.78 is 0. The summed E-state index contributed by atoms with van der Waals surface area (Å²) in [5.41, 5.74) is 0.483. The molecule has 0 saturated heterocycles. The minimum absolute atomic E-state index is 0.105. The lowest BCUT2D eigenvalue weighted by atomic mass is 10.0. The number of aromatic hydroxyl groups is 1. The maximum absolute atomic E-state index is 11.9. The second-order valence-corrected chi connectivity index (χ2v) is 4.77. The summed E-state index contributed by atoms with van der Waals surface area (Å²) in [6.07, 6.45) is 3.06. The number of phenols is 1. The fourth-order valence-corrected chi connectivity index (χ4v) is 2.21. The number of halogens is 1. The molecule has 0 fully saturated rings. The number of amides is 1. The first-order valence-corrected chi connectivity index (χ1v) is 6.84. The zero-order valence-corrected chi connectivity index (χ0v) is 11.4. The number of hydrogen-bond acceptors (Lipinski definition) is 2. The molecule has 1 unspecified atom stereocenters. The highest BCUT2D eigenvalue weighted by Crippen LogP contribution is 2.13. The Morgan fingerprint density at radius 1 is 1.44 bits per heavy atom. The molecule has 1 aromatic rings. The van der Waals surface area contributed by atoms with Crippen LogP contribution in [0.15, 0.2) is 24.3 Å². The first-order valence-electron chi connectivity index (χ1n) is 6.30. The number of phenolic OH excluding ortho intramolecular Hbond substituents is 1. The lowest BCUT2D eigenvalue weighted by Crippen LogP contribution is -2.29. The van der Waals surface area contributed by atoms with Gasteiger partial charge in [0.25, 0.3) is 5.91 Å². The van der Waals surface area contributed by atoms with E-state index in [2.05, 4.69) is 12.2 Å². The Bertz CT molecular complexity index is 376. The minimum Gasteiger partial charge on any atom is -0.508 e. The van der Waals surface area contributed by atoms with Gasteiger partial charge in [0, 0.05) is 18.0 Å². The van der Waals surface area contributed by atoms with Crippen LogP contribution in [0.3, 0.4) is 0 Å². The van der Waals surface area contributed by atoms with Gasteiger partial charge in [0.15, 0.2) is 0 Å². The van der Waals surface area contributed by atoms with E-state index >= 15 is 0 Å². The van der Waals surface area contributed by atoms with Gasteiger partial charge in [-0.2, -0.15) is 0 Å². The van der Waals surface area contributed by atoms with Gasteiger partial charge in [-0.25, -0.2) is 0 Å². The molecule has 0 spiro atoms. The maximum atomic E-state index is 11.9. The van der Waals surface area contributed by atoms with Crippen molar-refractivity contribution < 1.29 is 9.90 Å². The van der Waals surface area contributed by atoms with E-state index in [-0.39, 0.29) is 11.7 Å². The lowest BCUT2D eigenvalue weighted by molar-refractivity contribution is 0.0945. The van der Waals surface area contributed by atoms with E-state index in [9.17, 15) is 9.90 Å². The average molecular weight is 270 g/mol. The Morgan fingerprint density at radius 2 is 2.22 bits per heavy atom. The van der Waals surface area contributed by atoms with Gasteiger partial charge in [-0.3, -0.25) is 4.79 Å². The Hall–Kier alpha value is -1.22. The van der Waals surface area contributed by atoms with Gasteiger partial charge in [0.1, 0.15) is 5.75 Å². The predicted octanol–water partition coefficient (Wildman–Crippen LogP) is 3.17. The quantitative estimate of drug-likeness (QED) is 0.747. The highest BCUT2D eigenvalue weighted by molar-refractivity contribution is 6.17. The van der Waals surface area contributed by atoms with Crippen LogP contribution >= 0.6 is 11.6 Å². The summed E-state index contributed by atoms with van der Waals surface area (Å²) in [5.74, 6) is 0.996. The van der Waals surface area contributed by atoms with E-state index in [1.807, 2.05) is 0 Å². The number of alkyl halides is 1. The number of hydrogen-bond donors (Lipinski definition) is 2. The van der Waals surface area contributed by atoms with Crippen LogP contribution < -0.4 is 5.32 Å². The third-order valence-electron chi connectivity index (χ3n) is 2.87. The highest BCUT2D eigenvalue weighted by atomic mass is 35.5. The Morgan fingerprint density at radius 3 is 2.83 bits per heavy atom. The third kappa shape index (κ3) is 4.96. The molecule has 0 saturated carbocycles. The molecule has 1 atom stereocenters. The standard InChI is InChI=1S/C14H20ClNO2/c1-2-4-11(7-8-15)10-16-14(18)12-5-3-6-13(17)9-12/h3,5-6,9,11,17H,2,4,7-8,10H2,1H3,(H,16,18). The van der Waals surface area contributed by atoms with Gasteiger partial charge < -0.3 is 10.4 Å². The number of rotatable bonds is 7. The highest BCUT2D eigenvalue weighted by Gasteiger charge is 2.10. The molecule has 4 heteroatoms. The van der Waals surface area contributed by atoms with Crippen molar-refractivity contribution in [1.29, 1.82) is 0 Å². The summed E-state index contributed by atoms with van der Waals surface area (Å²) in [5, 5.41) is 12.2. The second kappa shape index (κ2) is 7.98. The fourth-order valence-electron chi connectivity index (χ4n) is 1.90. The van der Waals surface area contributed by atoms with Gasteiger partial charge in [-0.15, -0.1) is 11.6 Å². The molecule has 0 aliphatic carbocycles. The number of carbonyl (C=O) groups is 1. The van der Waals surface area contributed by atoms with Crippen molar-refractivity contribution in [2.24, 2.45) is 5.92 Å². The van der Waals surface area contributed by atoms with E-state index in [0.29, 0.717) is 23.9 Å². The normalized spacial score (nSPS) is 12.1. The van der Waals surface area contributed by atoms with Crippen molar-refractivity contribution in [3.05, 3.63) is 29.8 Å². The van der Waals surface area contributed by atoms with E-state index < -0.39 is 0 Å². The molecular weight excluding hydrogens is 250 g/mol. The average Bonchev–Trinajstić information content (AvgIpc) is 2.36. The Kier molecular flexibility index (Phi) is 6.58. The van der Waals surface area contributed by atoms with Crippen molar-refractivity contribution in [2.45, 2.75) is 26.2 Å². The first kappa shape index (κ1) is 14.8. The Balaban J connectivity index is 2.49. The Labute approximate surface area is 113 Å². The van der Waals surface area contributed by atoms with E-state index in [1.165, 1.54) is 6.07 Å². The summed E-state index contributed by atoms with van der Waals surface area (Å²) in [7, 11) is 0. The summed E-state index contributed by atoms with van der Waals surface area (Å²) in [6.45, 7) is 2.76. The molecule has 2 N–H and O–H groups in total. The largest absolute Gasteiger partial charge is 0.508 e. The predicted molar refractivity (Wildman–Crippen MR) is 74.2 cm³/mol. The van der Waals surface area contributed by atoms with Gasteiger partial charge >= 0.3 is 0 Å². The van der Waals surface area contributed by atoms with Crippen LogP contribution in [-0.4, -0.2) is 23.4 Å². The SMILES string of the molecule is CCCC(CCCl)CNC(=O)c1cccc(O)c1. The number of carbonyl (C=O) groups excluding carboxylic acids is 1. The van der Waals surface area contributed by atoms with E-state index in [1.54, 1.807) is 18.2 Å². The van der Waals surface area contributed by atoms with Crippen molar-refractivity contribution in [1.82, 2.24) is 5.32 Å². The van der Waals surface area contributed by atoms with Gasteiger partial charge in [-0.05, 0) is 37.0 Å². The van der Waals surface area contributed by atoms with Crippen LogP contribution in [0.2, 0.25) is 0 Å². The molecule has 0 aliphatic heterocycles. The molecule has 100 valence electrons. The monoisotopic (exact) mass is 269 g/mol. The molecule has 0 aromatic heterocycles. The molecule has 0 radical (unpaired) electrons. The molecule has 18 heavy (non-hydrogen) atoms. The second-order valence-electron chi connectivity index (χ2n) is 4.39. The van der Waals surface area contributed by atoms with Crippen molar-refractivity contribution in [3.63, 3.8) is 0 Å². The summed E-state index contributed by atoms with van der Waals surface area (Å²) >= 11 is 5.74. The van der Waals surface area contributed by atoms with Crippen LogP contribution in [0.4, 0.5) is 0 Å². The molecule has 0 bridgehead atoms. The van der Waals surface area contributed by atoms with Crippen molar-refractivity contribution in [2.75, 3.05) is 12.4 Å². The number of benzene rings is 1. The molecule has 1 amide bonds. The van der Waals surface area contributed by atoms with E-state index in [4.69, 9.17) is 11.6 Å². The maximum Gasteiger partial charge on any atom is 0.251 e. The smallest absolute Gasteiger partial charge is 0.251 e. The molecule has 0 aliphatic rings. The molecule has 3 nitrogen and oxygen atoms in total. The zero-order valence-electron chi connectivity index (χ0n) is 10.7. The number of nitrogens with one attached hydrogen (secondary N) is 1. The zero-order chi connectivity index (χ0) is 13.4. The molecule has 0 heterocycles. The third-order valence-corrected chi connectivity index (χ3v) is 3.09. The van der Waals surface area contributed by atoms with Crippen molar-refractivity contribution in [3.8, 4) is 5.75 Å². The van der Waals surface area contributed by atoms with Crippen LogP contribution in [0.1, 0.15) is 36.5 Å². The minimum atomic E-state index is -0.151. The van der Waals surface area contributed by atoms with Gasteiger partial charge in [0.2, 0.25) is 0 Å². The van der Waals surface area contributed by atoms with Crippen molar-refractivity contribution >= 4 is 17.5 Å². The van der Waals surface area contributed by atoms with Crippen LogP contribution in [0.25, 0.3) is 0 Å². The van der Waals surface area contributed by atoms with Gasteiger partial charge in [0.05, 0.1) is 0 Å². The summed E-state index contributed by atoms with van der Waals surface area (Å²) in [4.78, 5) is 11.9. The fraction of sp³-hybridized carbons (Fsp3) is 0.500. The molecule has 1 rings (SSSR count). The van der Waals surface area contributed by atoms with Crippen LogP contribution in [0, 0.1) is 5.92 Å². The lowest BCUT2D eigenvalue weighted by Gasteiger charge is -2.15. The van der Waals surface area contributed by atoms with Gasteiger partial charge in [-0.1, -0.05) is 19.4 Å². The van der Waals surface area contributed by atoms with Crippen LogP contribution in [-0.2, 0) is 0 Å².